The molecular formula is C37H50O3. The number of Topliss-reactive ketones (excluding diaryl/α,β-unsaturated/α-hetero) is 1. The lowest BCUT2D eigenvalue weighted by Crippen LogP contribution is -2.67. The van der Waals surface area contributed by atoms with Gasteiger partial charge in [0, 0.05) is 16.7 Å². The summed E-state index contributed by atoms with van der Waals surface area (Å²) in [5.74, 6) is 2.37. The van der Waals surface area contributed by atoms with E-state index in [9.17, 15) is 9.59 Å². The molecule has 0 N–H and O–H groups in total. The topological polar surface area (TPSA) is 43.4 Å². The van der Waals surface area contributed by atoms with Gasteiger partial charge in [0.05, 0.1) is 5.41 Å². The second-order valence-corrected chi connectivity index (χ2v) is 17.0. The Balaban J connectivity index is 1.29. The van der Waals surface area contributed by atoms with Gasteiger partial charge in [0.15, 0.2) is 5.78 Å². The fourth-order valence-electron chi connectivity index (χ4n) is 12.6. The maximum Gasteiger partial charge on any atom is 0.312 e. The van der Waals surface area contributed by atoms with Crippen LogP contribution in [0, 0.1) is 56.2 Å². The average molecular weight is 543 g/mol. The Kier molecular flexibility index (Phi) is 5.48. The Morgan fingerprint density at radius 2 is 1.48 bits per heavy atom. The van der Waals surface area contributed by atoms with Crippen molar-refractivity contribution >= 4 is 17.8 Å². The molecule has 0 radical (unpaired) electrons. The van der Waals surface area contributed by atoms with Crippen molar-refractivity contribution in [3.8, 4) is 0 Å². The first-order valence-corrected chi connectivity index (χ1v) is 16.2. The molecule has 216 valence electrons. The summed E-state index contributed by atoms with van der Waals surface area (Å²) in [5.41, 5.74) is 2.11. The Morgan fingerprint density at radius 1 is 0.775 bits per heavy atom. The van der Waals surface area contributed by atoms with Crippen LogP contribution in [0.2, 0.25) is 0 Å². The molecule has 1 aromatic rings. The van der Waals surface area contributed by atoms with Gasteiger partial charge >= 0.3 is 5.97 Å². The fraction of sp³-hybridized carbons (Fsp3) is 0.730. The quantitative estimate of drug-likeness (QED) is 0.263. The second-order valence-electron chi connectivity index (χ2n) is 17.0. The maximum absolute atomic E-state index is 14.0. The number of benzene rings is 1. The molecule has 5 aliphatic carbocycles. The molecule has 1 aromatic carbocycles. The van der Waals surface area contributed by atoms with Gasteiger partial charge in [0.2, 0.25) is 0 Å². The average Bonchev–Trinajstić information content (AvgIpc) is 3.15. The lowest BCUT2D eigenvalue weighted by atomic mass is 9.31. The lowest BCUT2D eigenvalue weighted by Gasteiger charge is -2.72. The van der Waals surface area contributed by atoms with E-state index in [-0.39, 0.29) is 44.6 Å². The third kappa shape index (κ3) is 3.14. The highest BCUT2D eigenvalue weighted by Gasteiger charge is 2.75. The number of ketones is 1. The third-order valence-electron chi connectivity index (χ3n) is 14.8. The van der Waals surface area contributed by atoms with Crippen LogP contribution in [0.1, 0.15) is 112 Å². The first-order valence-electron chi connectivity index (χ1n) is 16.2. The predicted molar refractivity (Wildman–Crippen MR) is 159 cm³/mol. The molecule has 9 atom stereocenters. The summed E-state index contributed by atoms with van der Waals surface area (Å²) in [5, 5.41) is 0. The molecule has 0 aromatic heterocycles. The zero-order valence-corrected chi connectivity index (χ0v) is 25.9. The zero-order chi connectivity index (χ0) is 28.5. The molecule has 6 aliphatic rings. The molecule has 1 aliphatic heterocycles. The highest BCUT2D eigenvalue weighted by molar-refractivity contribution is 6.04. The second kappa shape index (κ2) is 8.13. The van der Waals surface area contributed by atoms with Crippen molar-refractivity contribution in [1.82, 2.24) is 0 Å². The number of hydrogen-bond acceptors (Lipinski definition) is 3. The van der Waals surface area contributed by atoms with Crippen molar-refractivity contribution in [3.63, 3.8) is 0 Å². The molecule has 6 fully saturated rings. The number of carbonyl (C=O) groups is 2. The molecule has 0 amide bonds. The SMILES string of the molecule is CC1(C)CC[C@]23CC[C@]4(C)[C@H](CC[C@@H]5[C@@]6(C)C/C(=C/c7ccccc7)C(=O)C(C)(C)[C@@H]6CC[C@]54C)[C@H]2[C@H]1OC3=O. The number of allylic oxidation sites excluding steroid dienone is 1. The number of carbonyl (C=O) groups excluding carboxylic acids is 2. The monoisotopic (exact) mass is 542 g/mol. The summed E-state index contributed by atoms with van der Waals surface area (Å²) in [6, 6.07) is 10.4. The number of esters is 1. The molecular weight excluding hydrogens is 492 g/mol. The van der Waals surface area contributed by atoms with Crippen molar-refractivity contribution in [3.05, 3.63) is 41.5 Å². The molecule has 0 spiro atoms. The Hall–Kier alpha value is -1.90. The third-order valence-corrected chi connectivity index (χ3v) is 14.8. The molecule has 1 saturated heterocycles. The van der Waals surface area contributed by atoms with E-state index in [1.54, 1.807) is 0 Å². The molecule has 1 heterocycles. The smallest absolute Gasteiger partial charge is 0.312 e. The number of rotatable bonds is 1. The minimum atomic E-state index is -0.351. The van der Waals surface area contributed by atoms with E-state index in [1.165, 1.54) is 19.3 Å². The van der Waals surface area contributed by atoms with Crippen LogP contribution in [0.3, 0.4) is 0 Å². The first kappa shape index (κ1) is 27.0. The van der Waals surface area contributed by atoms with Gasteiger partial charge in [-0.05, 0) is 109 Å². The van der Waals surface area contributed by atoms with Gasteiger partial charge in [-0.25, -0.2) is 0 Å². The number of ether oxygens (including phenoxy) is 1. The minimum absolute atomic E-state index is 0.0604. The van der Waals surface area contributed by atoms with Crippen LogP contribution in [0.5, 0.6) is 0 Å². The Bertz CT molecular complexity index is 1290. The maximum atomic E-state index is 14.0. The van der Waals surface area contributed by atoms with Gasteiger partial charge in [-0.3, -0.25) is 9.59 Å². The predicted octanol–water partition coefficient (Wildman–Crippen LogP) is 8.67. The normalized spacial score (nSPS) is 49.4. The zero-order valence-electron chi connectivity index (χ0n) is 25.9. The molecule has 5 saturated carbocycles. The highest BCUT2D eigenvalue weighted by Crippen LogP contribution is 2.78. The summed E-state index contributed by atoms with van der Waals surface area (Å²) >= 11 is 0. The van der Waals surface area contributed by atoms with Gasteiger partial charge in [0.1, 0.15) is 6.10 Å². The van der Waals surface area contributed by atoms with Gasteiger partial charge in [-0.15, -0.1) is 0 Å². The van der Waals surface area contributed by atoms with E-state index in [1.807, 2.05) is 6.07 Å². The van der Waals surface area contributed by atoms with Crippen molar-refractivity contribution < 1.29 is 14.3 Å². The molecule has 40 heavy (non-hydrogen) atoms. The van der Waals surface area contributed by atoms with Crippen molar-refractivity contribution in [2.45, 2.75) is 112 Å². The highest BCUT2D eigenvalue weighted by atomic mass is 16.6. The van der Waals surface area contributed by atoms with Crippen LogP contribution >= 0.6 is 0 Å². The van der Waals surface area contributed by atoms with Crippen molar-refractivity contribution in [2.24, 2.45) is 56.2 Å². The summed E-state index contributed by atoms with van der Waals surface area (Å²) in [4.78, 5) is 27.5. The summed E-state index contributed by atoms with van der Waals surface area (Å²) < 4.78 is 6.33. The van der Waals surface area contributed by atoms with E-state index in [2.05, 4.69) is 78.8 Å². The standard InChI is InChI=1S/C37H50O3/c1-32(2)17-19-37-20-18-35(6)25(28(37)30(32)40-31(37)39)13-14-27-34(5)22-24(21-23-11-9-8-10-12-23)29(38)33(3,4)26(34)15-16-36(27,35)7/h8-12,21,25-28,30H,13-20,22H2,1-7H3/b24-21-/t25-,26+,27-,28+,30-,34+,35-,36-,37+/m1/s1. The van der Waals surface area contributed by atoms with Gasteiger partial charge in [-0.2, -0.15) is 0 Å². The van der Waals surface area contributed by atoms with Crippen LogP contribution in [-0.4, -0.2) is 17.9 Å². The first-order chi connectivity index (χ1) is 18.7. The molecule has 3 nitrogen and oxygen atoms in total. The summed E-state index contributed by atoms with van der Waals surface area (Å²) in [6.45, 7) is 17.0. The van der Waals surface area contributed by atoms with Crippen LogP contribution in [0.4, 0.5) is 0 Å². The van der Waals surface area contributed by atoms with Gasteiger partial charge < -0.3 is 4.74 Å². The Morgan fingerprint density at radius 3 is 2.20 bits per heavy atom. The summed E-state index contributed by atoms with van der Waals surface area (Å²) in [7, 11) is 0. The van der Waals surface area contributed by atoms with Crippen LogP contribution in [0.15, 0.2) is 35.9 Å². The summed E-state index contributed by atoms with van der Waals surface area (Å²) in [6.07, 6.45) is 12.1. The van der Waals surface area contributed by atoms with Crippen molar-refractivity contribution in [1.29, 1.82) is 0 Å². The van der Waals surface area contributed by atoms with E-state index in [4.69, 9.17) is 4.74 Å². The number of fused-ring (bicyclic) bond motifs is 5. The van der Waals surface area contributed by atoms with E-state index in [0.29, 0.717) is 29.5 Å². The molecule has 3 heteroatoms. The number of hydrogen-bond donors (Lipinski definition) is 0. The molecule has 7 rings (SSSR count). The van der Waals surface area contributed by atoms with Gasteiger partial charge in [-0.1, -0.05) is 78.8 Å². The minimum Gasteiger partial charge on any atom is -0.461 e. The van der Waals surface area contributed by atoms with Crippen LogP contribution in [-0.2, 0) is 14.3 Å². The van der Waals surface area contributed by atoms with Crippen molar-refractivity contribution in [2.75, 3.05) is 0 Å². The fourth-order valence-corrected chi connectivity index (χ4v) is 12.6. The lowest BCUT2D eigenvalue weighted by molar-refractivity contribution is -0.236. The van der Waals surface area contributed by atoms with Crippen LogP contribution in [0.25, 0.3) is 6.08 Å². The van der Waals surface area contributed by atoms with E-state index < -0.39 is 0 Å². The van der Waals surface area contributed by atoms with E-state index in [0.717, 1.165) is 49.7 Å². The van der Waals surface area contributed by atoms with Gasteiger partial charge in [0.25, 0.3) is 0 Å². The Labute approximate surface area is 241 Å². The van der Waals surface area contributed by atoms with Crippen LogP contribution < -0.4 is 0 Å². The largest absolute Gasteiger partial charge is 0.461 e. The molecule has 0 unspecified atom stereocenters. The van der Waals surface area contributed by atoms with E-state index >= 15 is 0 Å². The molecule has 2 bridgehead atoms.